The van der Waals surface area contributed by atoms with Crippen molar-refractivity contribution in [3.63, 3.8) is 0 Å². The summed E-state index contributed by atoms with van der Waals surface area (Å²) in [6, 6.07) is 9.17. The Bertz CT molecular complexity index is 921. The number of fused-ring (bicyclic) bond motifs is 1. The summed E-state index contributed by atoms with van der Waals surface area (Å²) in [5.41, 5.74) is 3.35. The first-order valence-electron chi connectivity index (χ1n) is 9.80. The molecule has 0 fully saturated rings. The number of benzene rings is 1. The van der Waals surface area contributed by atoms with Gasteiger partial charge in [-0.15, -0.1) is 0 Å². The van der Waals surface area contributed by atoms with Crippen molar-refractivity contribution in [3.05, 3.63) is 41.7 Å². The van der Waals surface area contributed by atoms with Crippen molar-refractivity contribution in [2.24, 2.45) is 5.92 Å². The molecule has 8 nitrogen and oxygen atoms in total. The van der Waals surface area contributed by atoms with Gasteiger partial charge in [0.15, 0.2) is 0 Å². The fourth-order valence-electron chi connectivity index (χ4n) is 3.41. The number of hydrogen-bond donors (Lipinski definition) is 2. The number of aromatic nitrogens is 2. The number of anilines is 2. The zero-order valence-corrected chi connectivity index (χ0v) is 17.1. The maximum Gasteiger partial charge on any atom is 0.244 e. The monoisotopic (exact) mass is 397 g/mol. The van der Waals surface area contributed by atoms with E-state index in [9.17, 15) is 14.4 Å². The van der Waals surface area contributed by atoms with Crippen LogP contribution in [-0.4, -0.2) is 40.6 Å². The summed E-state index contributed by atoms with van der Waals surface area (Å²) in [7, 11) is 0. The number of amides is 3. The van der Waals surface area contributed by atoms with E-state index in [1.54, 1.807) is 18.2 Å². The third-order valence-corrected chi connectivity index (χ3v) is 4.87. The van der Waals surface area contributed by atoms with Crippen LogP contribution in [-0.2, 0) is 20.9 Å². The average molecular weight is 397 g/mol. The molecule has 1 aromatic heterocycles. The number of nitrogens with one attached hydrogen (secondary N) is 2. The Balaban J connectivity index is 1.46. The van der Waals surface area contributed by atoms with Crippen molar-refractivity contribution in [3.8, 4) is 0 Å². The Kier molecular flexibility index (Phi) is 6.31. The molecular formula is C21H27N5O3. The Morgan fingerprint density at radius 1 is 1.24 bits per heavy atom. The van der Waals surface area contributed by atoms with Gasteiger partial charge >= 0.3 is 0 Å². The minimum atomic E-state index is -0.238. The van der Waals surface area contributed by atoms with Gasteiger partial charge in [0.1, 0.15) is 6.54 Å². The van der Waals surface area contributed by atoms with Crippen LogP contribution in [0.1, 0.15) is 31.2 Å². The summed E-state index contributed by atoms with van der Waals surface area (Å²) in [5, 5.41) is 10.1. The molecule has 1 aliphatic rings. The Morgan fingerprint density at radius 2 is 2.00 bits per heavy atom. The zero-order valence-electron chi connectivity index (χ0n) is 17.1. The largest absolute Gasteiger partial charge is 0.356 e. The molecule has 29 heavy (non-hydrogen) atoms. The van der Waals surface area contributed by atoms with E-state index in [2.05, 4.69) is 15.7 Å². The van der Waals surface area contributed by atoms with Gasteiger partial charge in [0, 0.05) is 31.6 Å². The summed E-state index contributed by atoms with van der Waals surface area (Å²) >= 11 is 0. The van der Waals surface area contributed by atoms with E-state index in [-0.39, 0.29) is 43.0 Å². The summed E-state index contributed by atoms with van der Waals surface area (Å²) in [4.78, 5) is 38.0. The molecule has 0 aliphatic carbocycles. The van der Waals surface area contributed by atoms with E-state index in [1.807, 2.05) is 37.6 Å². The molecule has 1 aromatic carbocycles. The lowest BCUT2D eigenvalue weighted by molar-refractivity contribution is -0.125. The van der Waals surface area contributed by atoms with Crippen LogP contribution in [0.25, 0.3) is 0 Å². The van der Waals surface area contributed by atoms with Crippen molar-refractivity contribution in [1.29, 1.82) is 0 Å². The molecule has 0 saturated carbocycles. The fourth-order valence-corrected chi connectivity index (χ4v) is 3.41. The molecule has 0 saturated heterocycles. The van der Waals surface area contributed by atoms with Gasteiger partial charge in [-0.1, -0.05) is 19.1 Å². The minimum absolute atomic E-state index is 0.0306. The van der Waals surface area contributed by atoms with Gasteiger partial charge in [-0.2, -0.15) is 5.10 Å². The predicted molar refractivity (Wildman–Crippen MR) is 111 cm³/mol. The van der Waals surface area contributed by atoms with Gasteiger partial charge in [0.2, 0.25) is 17.7 Å². The van der Waals surface area contributed by atoms with Crippen LogP contribution in [0.5, 0.6) is 0 Å². The van der Waals surface area contributed by atoms with Crippen LogP contribution in [0.3, 0.4) is 0 Å². The van der Waals surface area contributed by atoms with E-state index in [0.29, 0.717) is 17.9 Å². The van der Waals surface area contributed by atoms with Crippen molar-refractivity contribution in [2.75, 3.05) is 23.3 Å². The van der Waals surface area contributed by atoms with Crippen molar-refractivity contribution in [1.82, 2.24) is 15.1 Å². The zero-order chi connectivity index (χ0) is 21.0. The molecule has 3 rings (SSSR count). The fraction of sp³-hybridized carbons (Fsp3) is 0.429. The quantitative estimate of drug-likeness (QED) is 0.747. The van der Waals surface area contributed by atoms with Crippen LogP contribution in [0.2, 0.25) is 0 Å². The molecule has 8 heteroatoms. The Hall–Kier alpha value is -3.16. The van der Waals surface area contributed by atoms with Crippen LogP contribution in [0, 0.1) is 19.8 Å². The van der Waals surface area contributed by atoms with Gasteiger partial charge in [-0.05, 0) is 38.0 Å². The van der Waals surface area contributed by atoms with E-state index in [4.69, 9.17) is 0 Å². The molecule has 2 heterocycles. The average Bonchev–Trinajstić information content (AvgIpc) is 3.00. The number of hydrogen-bond acceptors (Lipinski definition) is 4. The van der Waals surface area contributed by atoms with Crippen LogP contribution < -0.4 is 15.5 Å². The first-order valence-corrected chi connectivity index (χ1v) is 9.80. The standard InChI is InChI=1S/C21H27N5O3/c1-14(12-26-16(3)10-15(2)24-26)11-22-19(27)8-9-21(29)25-13-20(28)23-17-6-4-5-7-18(17)25/h4-7,10,14H,8-9,11-13H2,1-3H3,(H,22,27)(H,23,28). The Labute approximate surface area is 170 Å². The lowest BCUT2D eigenvalue weighted by Crippen LogP contribution is -2.42. The van der Waals surface area contributed by atoms with Gasteiger partial charge in [0.05, 0.1) is 17.1 Å². The molecule has 0 bridgehead atoms. The molecule has 3 amide bonds. The van der Waals surface area contributed by atoms with E-state index < -0.39 is 0 Å². The number of nitrogens with zero attached hydrogens (tertiary/aromatic N) is 3. The van der Waals surface area contributed by atoms with Crippen LogP contribution in [0.4, 0.5) is 11.4 Å². The van der Waals surface area contributed by atoms with Gasteiger partial charge in [-0.25, -0.2) is 0 Å². The molecule has 1 unspecified atom stereocenters. The highest BCUT2D eigenvalue weighted by Gasteiger charge is 2.26. The minimum Gasteiger partial charge on any atom is -0.356 e. The van der Waals surface area contributed by atoms with E-state index in [0.717, 1.165) is 17.9 Å². The lowest BCUT2D eigenvalue weighted by atomic mass is 10.1. The number of carbonyl (C=O) groups excluding carboxylic acids is 3. The third kappa shape index (κ3) is 5.22. The second-order valence-corrected chi connectivity index (χ2v) is 7.56. The Morgan fingerprint density at radius 3 is 2.72 bits per heavy atom. The predicted octanol–water partition coefficient (Wildman–Crippen LogP) is 2.02. The summed E-state index contributed by atoms with van der Waals surface area (Å²) in [6.45, 7) is 7.22. The van der Waals surface area contributed by atoms with Crippen molar-refractivity contribution in [2.45, 2.75) is 40.2 Å². The molecule has 0 radical (unpaired) electrons. The maximum atomic E-state index is 12.6. The van der Waals surface area contributed by atoms with E-state index in [1.165, 1.54) is 4.90 Å². The van der Waals surface area contributed by atoms with Crippen molar-refractivity contribution >= 4 is 29.1 Å². The molecule has 154 valence electrons. The molecule has 2 N–H and O–H groups in total. The third-order valence-electron chi connectivity index (χ3n) is 4.87. The topological polar surface area (TPSA) is 96.3 Å². The molecule has 2 aromatic rings. The SMILES string of the molecule is Cc1cc(C)n(CC(C)CNC(=O)CCC(=O)N2CC(=O)Nc3ccccc32)n1. The second-order valence-electron chi connectivity index (χ2n) is 7.56. The van der Waals surface area contributed by atoms with Crippen LogP contribution in [0.15, 0.2) is 30.3 Å². The first-order chi connectivity index (χ1) is 13.8. The molecule has 1 atom stereocenters. The maximum absolute atomic E-state index is 12.6. The highest BCUT2D eigenvalue weighted by atomic mass is 16.2. The second kappa shape index (κ2) is 8.89. The highest BCUT2D eigenvalue weighted by Crippen LogP contribution is 2.29. The number of rotatable bonds is 7. The first kappa shape index (κ1) is 20.6. The number of carbonyl (C=O) groups is 3. The van der Waals surface area contributed by atoms with Crippen molar-refractivity contribution < 1.29 is 14.4 Å². The number of para-hydroxylation sites is 2. The summed E-state index contributed by atoms with van der Waals surface area (Å²) < 4.78 is 1.94. The van der Waals surface area contributed by atoms with E-state index >= 15 is 0 Å². The van der Waals surface area contributed by atoms with Gasteiger partial charge in [-0.3, -0.25) is 19.1 Å². The molecule has 0 spiro atoms. The van der Waals surface area contributed by atoms with Gasteiger partial charge in [0.25, 0.3) is 0 Å². The smallest absolute Gasteiger partial charge is 0.244 e. The van der Waals surface area contributed by atoms with Gasteiger partial charge < -0.3 is 15.5 Å². The summed E-state index contributed by atoms with van der Waals surface area (Å²) in [6.07, 6.45) is 0.144. The lowest BCUT2D eigenvalue weighted by Gasteiger charge is -2.29. The van der Waals surface area contributed by atoms with Crippen LogP contribution >= 0.6 is 0 Å². The highest BCUT2D eigenvalue weighted by molar-refractivity contribution is 6.10. The number of aryl methyl sites for hydroxylation is 2. The molecule has 1 aliphatic heterocycles. The normalized spacial score (nSPS) is 14.2. The molecular weight excluding hydrogens is 370 g/mol. The summed E-state index contributed by atoms with van der Waals surface area (Å²) in [5.74, 6) is -0.434.